The summed E-state index contributed by atoms with van der Waals surface area (Å²) in [6.07, 6.45) is 0.0745. The molecule has 0 saturated heterocycles. The summed E-state index contributed by atoms with van der Waals surface area (Å²) in [6, 6.07) is 3.77. The first kappa shape index (κ1) is 12.7. The lowest BCUT2D eigenvalue weighted by Gasteiger charge is -2.07. The van der Waals surface area contributed by atoms with Gasteiger partial charge in [0.15, 0.2) is 5.82 Å². The number of aliphatic carboxylic acids is 1. The maximum Gasteiger partial charge on any atom is 0.308 e. The van der Waals surface area contributed by atoms with Crippen molar-refractivity contribution in [3.63, 3.8) is 0 Å². The van der Waals surface area contributed by atoms with E-state index < -0.39 is 5.97 Å². The van der Waals surface area contributed by atoms with Crippen LogP contribution in [0.2, 0.25) is 0 Å². The van der Waals surface area contributed by atoms with Gasteiger partial charge in [0.05, 0.1) is 12.5 Å². The smallest absolute Gasteiger partial charge is 0.308 e. The van der Waals surface area contributed by atoms with Gasteiger partial charge in [-0.05, 0) is 19.1 Å². The second kappa shape index (κ2) is 5.69. The molecule has 3 N–H and O–H groups in total. The lowest BCUT2D eigenvalue weighted by molar-refractivity contribution is -0.136. The Labute approximate surface area is 107 Å². The number of thiophene rings is 1. The van der Waals surface area contributed by atoms with E-state index in [1.807, 2.05) is 19.1 Å². The van der Waals surface area contributed by atoms with Crippen LogP contribution in [0, 0.1) is 0 Å². The number of aromatic amines is 1. The van der Waals surface area contributed by atoms with Crippen LogP contribution in [0.25, 0.3) is 0 Å². The maximum absolute atomic E-state index is 10.6. The molecule has 2 rings (SSSR count). The van der Waals surface area contributed by atoms with E-state index in [0.717, 1.165) is 9.75 Å². The highest BCUT2D eigenvalue weighted by Gasteiger charge is 2.10. The Bertz CT molecular complexity index is 510. The van der Waals surface area contributed by atoms with Crippen LogP contribution in [0.1, 0.15) is 28.5 Å². The molecule has 18 heavy (non-hydrogen) atoms. The number of carboxylic acid groups (broad SMARTS) is 1. The molecule has 0 saturated carbocycles. The molecule has 1 atom stereocenters. The number of tetrazole rings is 1. The van der Waals surface area contributed by atoms with E-state index in [4.69, 9.17) is 5.11 Å². The van der Waals surface area contributed by atoms with Crippen LogP contribution in [0.3, 0.4) is 0 Å². The lowest BCUT2D eigenvalue weighted by Crippen LogP contribution is -2.18. The molecular formula is C10H13N5O2S. The molecule has 2 heterocycles. The van der Waals surface area contributed by atoms with Crippen molar-refractivity contribution in [2.75, 3.05) is 0 Å². The molecule has 1 unspecified atom stereocenters. The molecule has 0 aliphatic heterocycles. The zero-order chi connectivity index (χ0) is 13.0. The summed E-state index contributed by atoms with van der Waals surface area (Å²) >= 11 is 1.49. The average Bonchev–Trinajstić information content (AvgIpc) is 2.95. The van der Waals surface area contributed by atoms with Crippen molar-refractivity contribution in [3.8, 4) is 0 Å². The second-order valence-electron chi connectivity index (χ2n) is 3.81. The number of nitrogens with zero attached hydrogens (tertiary/aromatic N) is 3. The van der Waals surface area contributed by atoms with Gasteiger partial charge < -0.3 is 10.4 Å². The third-order valence-electron chi connectivity index (χ3n) is 2.37. The SMILES string of the molecule is CC(NCc1ccc(CC(=O)O)s1)c1nn[nH]n1. The molecule has 0 aliphatic rings. The van der Waals surface area contributed by atoms with Crippen LogP contribution in [0.15, 0.2) is 12.1 Å². The fourth-order valence-electron chi connectivity index (χ4n) is 1.46. The molecule has 0 aromatic carbocycles. The van der Waals surface area contributed by atoms with Gasteiger partial charge in [0.1, 0.15) is 0 Å². The zero-order valence-corrected chi connectivity index (χ0v) is 10.6. The van der Waals surface area contributed by atoms with Crippen molar-refractivity contribution in [2.24, 2.45) is 0 Å². The number of hydrogen-bond acceptors (Lipinski definition) is 6. The molecule has 96 valence electrons. The number of H-pyrrole nitrogens is 1. The average molecular weight is 267 g/mol. The van der Waals surface area contributed by atoms with Gasteiger partial charge >= 0.3 is 5.97 Å². The predicted molar refractivity (Wildman–Crippen MR) is 65.1 cm³/mol. The number of carboxylic acids is 1. The van der Waals surface area contributed by atoms with Crippen LogP contribution in [0.5, 0.6) is 0 Å². The zero-order valence-electron chi connectivity index (χ0n) is 9.75. The summed E-state index contributed by atoms with van der Waals surface area (Å²) in [5, 5.41) is 25.6. The van der Waals surface area contributed by atoms with E-state index in [1.165, 1.54) is 11.3 Å². The van der Waals surface area contributed by atoms with E-state index in [-0.39, 0.29) is 12.5 Å². The summed E-state index contributed by atoms with van der Waals surface area (Å²) < 4.78 is 0. The predicted octanol–water partition coefficient (Wildman–Crippen LogP) is 0.739. The van der Waals surface area contributed by atoms with E-state index in [9.17, 15) is 4.79 Å². The number of nitrogens with one attached hydrogen (secondary N) is 2. The van der Waals surface area contributed by atoms with Crippen molar-refractivity contribution >= 4 is 17.3 Å². The van der Waals surface area contributed by atoms with Gasteiger partial charge in [-0.2, -0.15) is 5.21 Å². The maximum atomic E-state index is 10.6. The summed E-state index contributed by atoms with van der Waals surface area (Å²) in [7, 11) is 0. The van der Waals surface area contributed by atoms with Gasteiger partial charge in [-0.15, -0.1) is 21.5 Å². The van der Waals surface area contributed by atoms with Crippen LogP contribution >= 0.6 is 11.3 Å². The molecule has 0 radical (unpaired) electrons. The second-order valence-corrected chi connectivity index (χ2v) is 5.06. The fourth-order valence-corrected chi connectivity index (χ4v) is 2.42. The fraction of sp³-hybridized carbons (Fsp3) is 0.400. The van der Waals surface area contributed by atoms with Gasteiger partial charge in [0.25, 0.3) is 0 Å². The Balaban J connectivity index is 1.86. The molecule has 0 bridgehead atoms. The minimum absolute atomic E-state index is 0.00577. The quantitative estimate of drug-likeness (QED) is 0.713. The van der Waals surface area contributed by atoms with Crippen LogP contribution in [0.4, 0.5) is 0 Å². The number of rotatable bonds is 6. The summed E-state index contributed by atoms with van der Waals surface area (Å²) in [5.41, 5.74) is 0. The molecule has 0 amide bonds. The largest absolute Gasteiger partial charge is 0.481 e. The Morgan fingerprint density at radius 1 is 1.56 bits per heavy atom. The molecule has 0 aliphatic carbocycles. The molecule has 2 aromatic rings. The third kappa shape index (κ3) is 3.34. The number of aromatic nitrogens is 4. The van der Waals surface area contributed by atoms with Gasteiger partial charge in [-0.3, -0.25) is 4.79 Å². The lowest BCUT2D eigenvalue weighted by atomic mass is 10.3. The molecular weight excluding hydrogens is 254 g/mol. The Morgan fingerprint density at radius 3 is 3.00 bits per heavy atom. The minimum atomic E-state index is -0.809. The molecule has 0 spiro atoms. The molecule has 7 nitrogen and oxygen atoms in total. The van der Waals surface area contributed by atoms with E-state index >= 15 is 0 Å². The van der Waals surface area contributed by atoms with Gasteiger partial charge in [0, 0.05) is 16.3 Å². The van der Waals surface area contributed by atoms with Crippen molar-refractivity contribution in [1.82, 2.24) is 25.9 Å². The van der Waals surface area contributed by atoms with Crippen LogP contribution in [-0.4, -0.2) is 31.7 Å². The van der Waals surface area contributed by atoms with Crippen molar-refractivity contribution in [3.05, 3.63) is 27.7 Å². The number of carbonyl (C=O) groups is 1. The highest BCUT2D eigenvalue weighted by molar-refractivity contribution is 7.12. The first-order chi connectivity index (χ1) is 8.65. The van der Waals surface area contributed by atoms with E-state index in [1.54, 1.807) is 0 Å². The molecule has 2 aromatic heterocycles. The topological polar surface area (TPSA) is 104 Å². The minimum Gasteiger partial charge on any atom is -0.481 e. The Hall–Kier alpha value is -1.80. The summed E-state index contributed by atoms with van der Waals surface area (Å²) in [5.74, 6) is -0.200. The highest BCUT2D eigenvalue weighted by atomic mass is 32.1. The van der Waals surface area contributed by atoms with E-state index in [2.05, 4.69) is 25.9 Å². The monoisotopic (exact) mass is 267 g/mol. The van der Waals surface area contributed by atoms with Crippen molar-refractivity contribution in [2.45, 2.75) is 25.9 Å². The normalized spacial score (nSPS) is 12.5. The first-order valence-corrected chi connectivity index (χ1v) is 6.23. The van der Waals surface area contributed by atoms with E-state index in [0.29, 0.717) is 12.4 Å². The van der Waals surface area contributed by atoms with Gasteiger partial charge in [0.2, 0.25) is 0 Å². The van der Waals surface area contributed by atoms with Crippen molar-refractivity contribution < 1.29 is 9.90 Å². The van der Waals surface area contributed by atoms with Crippen LogP contribution < -0.4 is 5.32 Å². The Morgan fingerprint density at radius 2 is 2.33 bits per heavy atom. The highest BCUT2D eigenvalue weighted by Crippen LogP contribution is 2.18. The molecule has 0 fully saturated rings. The van der Waals surface area contributed by atoms with Crippen molar-refractivity contribution in [1.29, 1.82) is 0 Å². The first-order valence-electron chi connectivity index (χ1n) is 5.41. The standard InChI is InChI=1S/C10H13N5O2S/c1-6(10-12-14-15-13-10)11-5-8-3-2-7(18-8)4-9(16)17/h2-3,6,11H,4-5H2,1H3,(H,16,17)(H,12,13,14,15). The van der Waals surface area contributed by atoms with Crippen LogP contribution in [-0.2, 0) is 17.8 Å². The Kier molecular flexibility index (Phi) is 4.00. The summed E-state index contributed by atoms with van der Waals surface area (Å²) in [6.45, 7) is 2.59. The van der Waals surface area contributed by atoms with Gasteiger partial charge in [-0.1, -0.05) is 5.21 Å². The third-order valence-corrected chi connectivity index (χ3v) is 3.46. The summed E-state index contributed by atoms with van der Waals surface area (Å²) in [4.78, 5) is 12.5. The number of hydrogen-bond donors (Lipinski definition) is 3. The molecule has 8 heteroatoms. The van der Waals surface area contributed by atoms with Gasteiger partial charge in [-0.25, -0.2) is 0 Å².